The number of sulfonamides is 1. The molecule has 0 unspecified atom stereocenters. The van der Waals surface area contributed by atoms with Crippen LogP contribution in [0.3, 0.4) is 0 Å². The summed E-state index contributed by atoms with van der Waals surface area (Å²) in [5, 5.41) is 10.2. The van der Waals surface area contributed by atoms with Crippen LogP contribution in [-0.2, 0) is 21.2 Å². The zero-order valence-corrected chi connectivity index (χ0v) is 19.6. The van der Waals surface area contributed by atoms with E-state index in [4.69, 9.17) is 4.74 Å². The molecule has 1 aliphatic rings. The standard InChI is InChI=1S/C24H26N4O5S/c1-33-22-12-11-17(34(31,32)28-13-7-3-2-4-8-14-28)15-21(22)25-23(29)16-20-18-9-5-6-10-19(18)24(30)27-26-20/h2-3,5-6,9-12,15H,4,7-8,13-14,16H2,1H3,(H,25,29)(H,27,30)/b3-2-. The Morgan fingerprint density at radius 2 is 1.88 bits per heavy atom. The van der Waals surface area contributed by atoms with E-state index in [-0.39, 0.29) is 22.6 Å². The highest BCUT2D eigenvalue weighted by molar-refractivity contribution is 7.89. The Kier molecular flexibility index (Phi) is 7.09. The van der Waals surface area contributed by atoms with Crippen LogP contribution < -0.4 is 15.6 Å². The maximum Gasteiger partial charge on any atom is 0.272 e. The van der Waals surface area contributed by atoms with Crippen LogP contribution in [0.5, 0.6) is 5.75 Å². The number of allylic oxidation sites excluding steroid dienone is 1. The number of methoxy groups -OCH3 is 1. The van der Waals surface area contributed by atoms with Gasteiger partial charge >= 0.3 is 0 Å². The van der Waals surface area contributed by atoms with Gasteiger partial charge in [0, 0.05) is 18.5 Å². The third kappa shape index (κ3) is 5.02. The number of aromatic nitrogens is 2. The molecule has 178 valence electrons. The second kappa shape index (κ2) is 10.2. The number of rotatable bonds is 6. The van der Waals surface area contributed by atoms with E-state index in [1.165, 1.54) is 29.6 Å². The Morgan fingerprint density at radius 1 is 1.12 bits per heavy atom. The van der Waals surface area contributed by atoms with Crippen molar-refractivity contribution in [2.45, 2.75) is 30.6 Å². The quantitative estimate of drug-likeness (QED) is 0.521. The largest absolute Gasteiger partial charge is 0.495 e. The summed E-state index contributed by atoms with van der Waals surface area (Å²) in [6.07, 6.45) is 6.19. The van der Waals surface area contributed by atoms with Gasteiger partial charge in [-0.15, -0.1) is 0 Å². The van der Waals surface area contributed by atoms with Crippen molar-refractivity contribution in [2.75, 3.05) is 25.5 Å². The number of fused-ring (bicyclic) bond motifs is 1. The zero-order chi connectivity index (χ0) is 24.1. The van der Waals surface area contributed by atoms with Gasteiger partial charge < -0.3 is 10.1 Å². The van der Waals surface area contributed by atoms with Gasteiger partial charge in [0.25, 0.3) is 5.56 Å². The van der Waals surface area contributed by atoms with E-state index in [9.17, 15) is 18.0 Å². The topological polar surface area (TPSA) is 121 Å². The van der Waals surface area contributed by atoms with Crippen molar-refractivity contribution in [2.24, 2.45) is 0 Å². The summed E-state index contributed by atoms with van der Waals surface area (Å²) in [7, 11) is -2.29. The molecule has 0 atom stereocenters. The third-order valence-electron chi connectivity index (χ3n) is 5.68. The van der Waals surface area contributed by atoms with E-state index in [2.05, 4.69) is 21.6 Å². The monoisotopic (exact) mass is 482 g/mol. The van der Waals surface area contributed by atoms with E-state index in [1.54, 1.807) is 24.3 Å². The van der Waals surface area contributed by atoms with Gasteiger partial charge in [-0.05, 0) is 43.5 Å². The van der Waals surface area contributed by atoms with Gasteiger partial charge in [-0.3, -0.25) is 9.59 Å². The van der Waals surface area contributed by atoms with Crippen molar-refractivity contribution >= 4 is 32.4 Å². The fourth-order valence-electron chi connectivity index (χ4n) is 3.94. The van der Waals surface area contributed by atoms with Crippen molar-refractivity contribution < 1.29 is 17.9 Å². The molecule has 4 rings (SSSR count). The fraction of sp³-hybridized carbons (Fsp3) is 0.292. The van der Waals surface area contributed by atoms with Crippen LogP contribution in [0.2, 0.25) is 0 Å². The van der Waals surface area contributed by atoms with E-state index in [1.807, 2.05) is 6.08 Å². The highest BCUT2D eigenvalue weighted by atomic mass is 32.2. The summed E-state index contributed by atoms with van der Waals surface area (Å²) >= 11 is 0. The maximum absolute atomic E-state index is 13.3. The maximum atomic E-state index is 13.3. The molecule has 10 heteroatoms. The van der Waals surface area contributed by atoms with Crippen LogP contribution >= 0.6 is 0 Å². The van der Waals surface area contributed by atoms with E-state index in [0.29, 0.717) is 41.7 Å². The molecule has 0 radical (unpaired) electrons. The average Bonchev–Trinajstić information content (AvgIpc) is 2.80. The molecular weight excluding hydrogens is 456 g/mol. The molecule has 34 heavy (non-hydrogen) atoms. The van der Waals surface area contributed by atoms with E-state index >= 15 is 0 Å². The van der Waals surface area contributed by atoms with Crippen LogP contribution in [0.4, 0.5) is 5.69 Å². The first-order chi connectivity index (χ1) is 16.4. The van der Waals surface area contributed by atoms with Crippen molar-refractivity contribution in [1.29, 1.82) is 0 Å². The number of hydrogen-bond acceptors (Lipinski definition) is 6. The molecule has 9 nitrogen and oxygen atoms in total. The number of ether oxygens (including phenoxy) is 1. The Morgan fingerprint density at radius 3 is 2.68 bits per heavy atom. The molecule has 0 fully saturated rings. The van der Waals surface area contributed by atoms with Gasteiger partial charge in [0.15, 0.2) is 0 Å². The molecule has 1 amide bonds. The number of anilines is 1. The molecule has 0 aliphatic carbocycles. The second-order valence-electron chi connectivity index (χ2n) is 7.94. The van der Waals surface area contributed by atoms with Gasteiger partial charge in [-0.2, -0.15) is 9.40 Å². The third-order valence-corrected chi connectivity index (χ3v) is 7.57. The summed E-state index contributed by atoms with van der Waals surface area (Å²) in [6, 6.07) is 11.3. The summed E-state index contributed by atoms with van der Waals surface area (Å²) in [5.74, 6) is -0.0869. The number of H-pyrrole nitrogens is 1. The SMILES string of the molecule is COc1ccc(S(=O)(=O)N2CC/C=C\CCC2)cc1NC(=O)Cc1n[nH]c(=O)c2ccccc12. The molecular formula is C24H26N4O5S. The molecule has 2 heterocycles. The number of carbonyl (C=O) groups is 1. The molecule has 2 aromatic carbocycles. The van der Waals surface area contributed by atoms with Gasteiger partial charge in [-0.1, -0.05) is 30.4 Å². The molecule has 0 saturated heterocycles. The predicted octanol–water partition coefficient (Wildman–Crippen LogP) is 2.84. The van der Waals surface area contributed by atoms with Crippen LogP contribution in [0.1, 0.15) is 25.0 Å². The second-order valence-corrected chi connectivity index (χ2v) is 9.88. The molecule has 3 aromatic rings. The predicted molar refractivity (Wildman–Crippen MR) is 129 cm³/mol. The minimum absolute atomic E-state index is 0.0840. The summed E-state index contributed by atoms with van der Waals surface area (Å²) in [6.45, 7) is 0.836. The molecule has 0 spiro atoms. The Balaban J connectivity index is 1.59. The minimum Gasteiger partial charge on any atom is -0.495 e. The first-order valence-corrected chi connectivity index (χ1v) is 12.4. The number of nitrogens with zero attached hydrogens (tertiary/aromatic N) is 2. The zero-order valence-electron chi connectivity index (χ0n) is 18.8. The number of hydrogen-bond donors (Lipinski definition) is 2. The Hall–Kier alpha value is -3.50. The molecule has 0 saturated carbocycles. The molecule has 2 N–H and O–H groups in total. The Bertz CT molecular complexity index is 1400. The van der Waals surface area contributed by atoms with Gasteiger partial charge in [0.05, 0.1) is 35.2 Å². The smallest absolute Gasteiger partial charge is 0.272 e. The molecule has 0 bridgehead atoms. The summed E-state index contributed by atoms with van der Waals surface area (Å²) in [4.78, 5) is 24.9. The van der Waals surface area contributed by atoms with Crippen molar-refractivity contribution in [1.82, 2.24) is 14.5 Å². The van der Waals surface area contributed by atoms with Crippen LogP contribution in [0.25, 0.3) is 10.8 Å². The van der Waals surface area contributed by atoms with Gasteiger partial charge in [0.1, 0.15) is 5.75 Å². The first kappa shape index (κ1) is 23.7. The lowest BCUT2D eigenvalue weighted by Gasteiger charge is -2.23. The summed E-state index contributed by atoms with van der Waals surface area (Å²) < 4.78 is 33.3. The van der Waals surface area contributed by atoms with Crippen molar-refractivity contribution in [3.63, 3.8) is 0 Å². The molecule has 1 aromatic heterocycles. The van der Waals surface area contributed by atoms with Crippen LogP contribution in [-0.4, -0.2) is 49.0 Å². The van der Waals surface area contributed by atoms with Gasteiger partial charge in [0.2, 0.25) is 15.9 Å². The molecule has 1 aliphatic heterocycles. The average molecular weight is 483 g/mol. The number of nitrogens with one attached hydrogen (secondary N) is 2. The normalized spacial score (nSPS) is 15.9. The van der Waals surface area contributed by atoms with Crippen LogP contribution in [0, 0.1) is 0 Å². The minimum atomic E-state index is -3.74. The lowest BCUT2D eigenvalue weighted by atomic mass is 10.1. The number of benzene rings is 2. The van der Waals surface area contributed by atoms with E-state index < -0.39 is 15.9 Å². The van der Waals surface area contributed by atoms with Crippen molar-refractivity contribution in [3.05, 3.63) is 70.7 Å². The fourth-order valence-corrected chi connectivity index (χ4v) is 5.46. The van der Waals surface area contributed by atoms with Gasteiger partial charge in [-0.25, -0.2) is 13.5 Å². The number of carbonyl (C=O) groups excluding carboxylic acids is 1. The Labute approximate surface area is 197 Å². The van der Waals surface area contributed by atoms with Crippen molar-refractivity contribution in [3.8, 4) is 5.75 Å². The highest BCUT2D eigenvalue weighted by Crippen LogP contribution is 2.29. The lowest BCUT2D eigenvalue weighted by molar-refractivity contribution is -0.115. The number of aromatic amines is 1. The first-order valence-electron chi connectivity index (χ1n) is 11.0. The van der Waals surface area contributed by atoms with Crippen LogP contribution in [0.15, 0.2) is 64.3 Å². The lowest BCUT2D eigenvalue weighted by Crippen LogP contribution is -2.33. The number of amides is 1. The summed E-state index contributed by atoms with van der Waals surface area (Å²) in [5.41, 5.74) is 0.317. The van der Waals surface area contributed by atoms with E-state index in [0.717, 1.165) is 12.8 Å². The highest BCUT2D eigenvalue weighted by Gasteiger charge is 2.25.